The number of phenols is 1. The predicted octanol–water partition coefficient (Wildman–Crippen LogP) is 3.27. The Morgan fingerprint density at radius 2 is 1.95 bits per heavy atom. The van der Waals surface area contributed by atoms with Gasteiger partial charge in [0.05, 0.1) is 11.6 Å². The van der Waals surface area contributed by atoms with Gasteiger partial charge in [-0.25, -0.2) is 0 Å². The summed E-state index contributed by atoms with van der Waals surface area (Å²) in [4.78, 5) is 0. The van der Waals surface area contributed by atoms with Gasteiger partial charge in [0.2, 0.25) is 0 Å². The summed E-state index contributed by atoms with van der Waals surface area (Å²) in [5, 5.41) is 19.5. The van der Waals surface area contributed by atoms with E-state index in [9.17, 15) is 5.11 Å². The Hall–Kier alpha value is -2.73. The van der Waals surface area contributed by atoms with E-state index < -0.39 is 0 Å². The molecule has 3 nitrogen and oxygen atoms in total. The summed E-state index contributed by atoms with van der Waals surface area (Å²) in [6, 6.07) is 17.1. The van der Waals surface area contributed by atoms with Crippen LogP contribution in [-0.2, 0) is 6.54 Å². The molecule has 3 rings (SSSR count). The first kappa shape index (κ1) is 11.4. The quantitative estimate of drug-likeness (QED) is 0.756. The second kappa shape index (κ2) is 4.51. The number of nitrogens with zero attached hydrogens (tertiary/aromatic N) is 2. The molecule has 0 atom stereocenters. The average Bonchev–Trinajstić information content (AvgIpc) is 2.82. The molecule has 92 valence electrons. The van der Waals surface area contributed by atoms with E-state index in [0.717, 1.165) is 16.5 Å². The fourth-order valence-electron chi connectivity index (χ4n) is 2.31. The fourth-order valence-corrected chi connectivity index (χ4v) is 2.31. The van der Waals surface area contributed by atoms with Crippen molar-refractivity contribution in [2.45, 2.75) is 6.54 Å². The van der Waals surface area contributed by atoms with Gasteiger partial charge in [0, 0.05) is 23.6 Å². The third kappa shape index (κ3) is 2.04. The second-order valence-electron chi connectivity index (χ2n) is 4.46. The zero-order chi connectivity index (χ0) is 13.2. The normalized spacial score (nSPS) is 10.5. The summed E-state index contributed by atoms with van der Waals surface area (Å²) in [6.45, 7) is 0.673. The molecule has 0 saturated heterocycles. The zero-order valence-electron chi connectivity index (χ0n) is 10.2. The molecule has 0 radical (unpaired) electrons. The van der Waals surface area contributed by atoms with Crippen molar-refractivity contribution in [3.05, 3.63) is 65.9 Å². The van der Waals surface area contributed by atoms with Crippen molar-refractivity contribution in [1.82, 2.24) is 4.57 Å². The van der Waals surface area contributed by atoms with Gasteiger partial charge in [-0.1, -0.05) is 18.2 Å². The third-order valence-corrected chi connectivity index (χ3v) is 3.20. The zero-order valence-corrected chi connectivity index (χ0v) is 10.2. The van der Waals surface area contributed by atoms with E-state index in [1.54, 1.807) is 12.1 Å². The Kier molecular flexibility index (Phi) is 2.70. The number of rotatable bonds is 2. The summed E-state index contributed by atoms with van der Waals surface area (Å²) in [5.74, 6) is 0.270. The van der Waals surface area contributed by atoms with E-state index in [4.69, 9.17) is 5.26 Å². The summed E-state index contributed by atoms with van der Waals surface area (Å²) in [5.41, 5.74) is 2.74. The molecule has 1 heterocycles. The number of hydrogen-bond donors (Lipinski definition) is 1. The van der Waals surface area contributed by atoms with Crippen molar-refractivity contribution in [3.63, 3.8) is 0 Å². The molecule has 0 aliphatic heterocycles. The van der Waals surface area contributed by atoms with Crippen LogP contribution in [0.4, 0.5) is 0 Å². The summed E-state index contributed by atoms with van der Waals surface area (Å²) >= 11 is 0. The molecule has 0 unspecified atom stereocenters. The molecule has 0 bridgehead atoms. The van der Waals surface area contributed by atoms with Gasteiger partial charge in [0.15, 0.2) is 0 Å². The first-order valence-corrected chi connectivity index (χ1v) is 6.04. The Morgan fingerprint density at radius 1 is 1.11 bits per heavy atom. The van der Waals surface area contributed by atoms with Crippen LogP contribution in [0, 0.1) is 11.3 Å². The van der Waals surface area contributed by atoms with Gasteiger partial charge in [0.25, 0.3) is 0 Å². The topological polar surface area (TPSA) is 49.0 Å². The van der Waals surface area contributed by atoms with Crippen LogP contribution >= 0.6 is 0 Å². The third-order valence-electron chi connectivity index (χ3n) is 3.20. The molecule has 0 aliphatic rings. The van der Waals surface area contributed by atoms with Gasteiger partial charge in [-0.3, -0.25) is 0 Å². The molecule has 0 saturated carbocycles. The summed E-state index contributed by atoms with van der Waals surface area (Å²) in [7, 11) is 0. The van der Waals surface area contributed by atoms with Crippen LogP contribution in [0.1, 0.15) is 11.1 Å². The number of fused-ring (bicyclic) bond motifs is 1. The lowest BCUT2D eigenvalue weighted by Gasteiger charge is -2.06. The van der Waals surface area contributed by atoms with Crippen molar-refractivity contribution in [2.24, 2.45) is 0 Å². The predicted molar refractivity (Wildman–Crippen MR) is 73.9 cm³/mol. The smallest absolute Gasteiger partial charge is 0.115 e. The molecule has 1 N–H and O–H groups in total. The number of aromatic hydroxyl groups is 1. The van der Waals surface area contributed by atoms with Gasteiger partial charge < -0.3 is 9.67 Å². The van der Waals surface area contributed by atoms with Gasteiger partial charge in [-0.15, -0.1) is 0 Å². The van der Waals surface area contributed by atoms with E-state index in [0.29, 0.717) is 12.1 Å². The van der Waals surface area contributed by atoms with Crippen molar-refractivity contribution in [2.75, 3.05) is 0 Å². The molecule has 3 aromatic rings. The largest absolute Gasteiger partial charge is 0.508 e. The first-order valence-electron chi connectivity index (χ1n) is 6.04. The second-order valence-corrected chi connectivity index (χ2v) is 4.46. The van der Waals surface area contributed by atoms with Gasteiger partial charge >= 0.3 is 0 Å². The SMILES string of the molecule is N#Cc1cccc2c1ccn2Cc1cccc(O)c1. The molecule has 1 aromatic heterocycles. The number of nitriles is 1. The van der Waals surface area contributed by atoms with Gasteiger partial charge in [-0.05, 0) is 35.9 Å². The molecule has 19 heavy (non-hydrogen) atoms. The first-order chi connectivity index (χ1) is 9.28. The minimum atomic E-state index is 0.270. The monoisotopic (exact) mass is 248 g/mol. The summed E-state index contributed by atoms with van der Waals surface area (Å²) < 4.78 is 2.07. The van der Waals surface area contributed by atoms with Crippen molar-refractivity contribution >= 4 is 10.9 Å². The number of hydrogen-bond acceptors (Lipinski definition) is 2. The van der Waals surface area contributed by atoms with Crippen LogP contribution in [-0.4, -0.2) is 9.67 Å². The Bertz CT molecular complexity index is 781. The average molecular weight is 248 g/mol. The minimum Gasteiger partial charge on any atom is -0.508 e. The highest BCUT2D eigenvalue weighted by molar-refractivity contribution is 5.86. The standard InChI is InChI=1S/C16H12N2O/c17-10-13-4-2-6-16-15(13)7-8-18(16)11-12-3-1-5-14(19)9-12/h1-9,19H,11H2. The highest BCUT2D eigenvalue weighted by Gasteiger charge is 2.05. The fraction of sp³-hybridized carbons (Fsp3) is 0.0625. The van der Waals surface area contributed by atoms with Crippen LogP contribution in [0.15, 0.2) is 54.7 Å². The van der Waals surface area contributed by atoms with Crippen LogP contribution in [0.25, 0.3) is 10.9 Å². The molecule has 0 amide bonds. The molecule has 0 aliphatic carbocycles. The van der Waals surface area contributed by atoms with Crippen LogP contribution in [0.5, 0.6) is 5.75 Å². The Balaban J connectivity index is 2.05. The van der Waals surface area contributed by atoms with Gasteiger partial charge in [-0.2, -0.15) is 5.26 Å². The van der Waals surface area contributed by atoms with Crippen molar-refractivity contribution in [3.8, 4) is 11.8 Å². The van der Waals surface area contributed by atoms with Crippen molar-refractivity contribution < 1.29 is 5.11 Å². The number of aromatic nitrogens is 1. The van der Waals surface area contributed by atoms with E-state index in [1.165, 1.54) is 0 Å². The molecular formula is C16H12N2O. The lowest BCUT2D eigenvalue weighted by molar-refractivity contribution is 0.474. The highest BCUT2D eigenvalue weighted by atomic mass is 16.3. The molecule has 0 fully saturated rings. The maximum absolute atomic E-state index is 9.48. The van der Waals surface area contributed by atoms with Crippen LogP contribution in [0.2, 0.25) is 0 Å². The van der Waals surface area contributed by atoms with E-state index >= 15 is 0 Å². The molecule has 0 spiro atoms. The number of benzene rings is 2. The maximum Gasteiger partial charge on any atom is 0.115 e. The minimum absolute atomic E-state index is 0.270. The Labute approximate surface area is 111 Å². The highest BCUT2D eigenvalue weighted by Crippen LogP contribution is 2.21. The van der Waals surface area contributed by atoms with Crippen LogP contribution < -0.4 is 0 Å². The Morgan fingerprint density at radius 3 is 2.74 bits per heavy atom. The van der Waals surface area contributed by atoms with Gasteiger partial charge in [0.1, 0.15) is 5.75 Å². The van der Waals surface area contributed by atoms with Crippen LogP contribution in [0.3, 0.4) is 0 Å². The molecule has 2 aromatic carbocycles. The van der Waals surface area contributed by atoms with E-state index in [1.807, 2.05) is 42.6 Å². The summed E-state index contributed by atoms with van der Waals surface area (Å²) in [6.07, 6.45) is 1.97. The van der Waals surface area contributed by atoms with Crippen molar-refractivity contribution in [1.29, 1.82) is 5.26 Å². The maximum atomic E-state index is 9.48. The van der Waals surface area contributed by atoms with E-state index in [2.05, 4.69) is 10.6 Å². The van der Waals surface area contributed by atoms with E-state index in [-0.39, 0.29) is 5.75 Å². The lowest BCUT2D eigenvalue weighted by Crippen LogP contribution is -1.97. The molecule has 3 heteroatoms. The molecular weight excluding hydrogens is 236 g/mol. The number of phenolic OH excluding ortho intramolecular Hbond substituents is 1. The lowest BCUT2D eigenvalue weighted by atomic mass is 10.1.